The molecule has 7 heteroatoms. The van der Waals surface area contributed by atoms with E-state index in [4.69, 9.17) is 0 Å². The van der Waals surface area contributed by atoms with Crippen molar-refractivity contribution in [2.45, 2.75) is 6.54 Å². The van der Waals surface area contributed by atoms with Crippen LogP contribution in [0, 0.1) is 0 Å². The second kappa shape index (κ2) is 8.22. The maximum atomic E-state index is 12.7. The Morgan fingerprint density at radius 3 is 2.79 bits per heavy atom. The van der Waals surface area contributed by atoms with E-state index in [0.29, 0.717) is 12.1 Å². The number of hydrogen-bond donors (Lipinski definition) is 2. The van der Waals surface area contributed by atoms with Gasteiger partial charge >= 0.3 is 0 Å². The molecule has 1 aliphatic heterocycles. The van der Waals surface area contributed by atoms with Crippen molar-refractivity contribution in [3.05, 3.63) is 66.1 Å². The van der Waals surface area contributed by atoms with Crippen LogP contribution in [-0.2, 0) is 6.54 Å². The van der Waals surface area contributed by atoms with Crippen molar-refractivity contribution in [1.82, 2.24) is 25.4 Å². The Morgan fingerprint density at radius 1 is 1.14 bits per heavy atom. The number of amides is 1. The lowest BCUT2D eigenvalue weighted by molar-refractivity contribution is 0.0951. The standard InChI is InChI=1S/C21H24N6O/c1-26-8-10-27(11-9-26)20-18(6-3-7-22-20)13-23-21(28)17-5-2-4-16(12-17)19-14-24-25-15-19/h2-7,12,14-15H,8-11,13H2,1H3,(H,23,28)(H,24,25). The van der Waals surface area contributed by atoms with Gasteiger partial charge in [0.05, 0.1) is 6.20 Å². The molecule has 7 nitrogen and oxygen atoms in total. The number of likely N-dealkylation sites (N-methyl/N-ethyl adjacent to an activating group) is 1. The van der Waals surface area contributed by atoms with Gasteiger partial charge in [-0.2, -0.15) is 5.10 Å². The van der Waals surface area contributed by atoms with Crippen LogP contribution in [0.4, 0.5) is 5.82 Å². The van der Waals surface area contributed by atoms with Crippen LogP contribution < -0.4 is 10.2 Å². The molecule has 0 bridgehead atoms. The highest BCUT2D eigenvalue weighted by Gasteiger charge is 2.18. The zero-order valence-corrected chi connectivity index (χ0v) is 15.9. The molecule has 144 valence electrons. The van der Waals surface area contributed by atoms with E-state index in [2.05, 4.69) is 37.3 Å². The Morgan fingerprint density at radius 2 is 2.00 bits per heavy atom. The Kier molecular flexibility index (Phi) is 5.34. The second-order valence-electron chi connectivity index (χ2n) is 7.03. The molecule has 1 amide bonds. The van der Waals surface area contributed by atoms with Crippen molar-refractivity contribution >= 4 is 11.7 Å². The lowest BCUT2D eigenvalue weighted by atomic mass is 10.1. The van der Waals surface area contributed by atoms with Crippen molar-refractivity contribution < 1.29 is 4.79 Å². The fourth-order valence-corrected chi connectivity index (χ4v) is 3.40. The third-order valence-electron chi connectivity index (χ3n) is 5.07. The van der Waals surface area contributed by atoms with Gasteiger partial charge in [-0.15, -0.1) is 0 Å². The lowest BCUT2D eigenvalue weighted by Crippen LogP contribution is -2.45. The number of carbonyl (C=O) groups is 1. The largest absolute Gasteiger partial charge is 0.354 e. The summed E-state index contributed by atoms with van der Waals surface area (Å²) in [4.78, 5) is 21.9. The summed E-state index contributed by atoms with van der Waals surface area (Å²) in [5, 5.41) is 9.80. The molecule has 0 saturated carbocycles. The molecule has 4 rings (SSSR count). The number of H-pyrrole nitrogens is 1. The number of rotatable bonds is 5. The van der Waals surface area contributed by atoms with Gasteiger partial charge in [-0.05, 0) is 30.8 Å². The highest BCUT2D eigenvalue weighted by atomic mass is 16.1. The first-order valence-corrected chi connectivity index (χ1v) is 9.45. The van der Waals surface area contributed by atoms with Crippen LogP contribution in [0.15, 0.2) is 55.0 Å². The molecule has 0 aliphatic carbocycles. The summed E-state index contributed by atoms with van der Waals surface area (Å²) in [6, 6.07) is 11.5. The number of piperazine rings is 1. The maximum Gasteiger partial charge on any atom is 0.251 e. The van der Waals surface area contributed by atoms with Crippen LogP contribution in [0.3, 0.4) is 0 Å². The van der Waals surface area contributed by atoms with Crippen LogP contribution in [0.25, 0.3) is 11.1 Å². The van der Waals surface area contributed by atoms with Crippen molar-refractivity contribution in [3.63, 3.8) is 0 Å². The van der Waals surface area contributed by atoms with Gasteiger partial charge in [0, 0.05) is 61.8 Å². The molecule has 1 saturated heterocycles. The predicted octanol–water partition coefficient (Wildman–Crippen LogP) is 2.15. The number of hydrogen-bond acceptors (Lipinski definition) is 5. The molecule has 3 heterocycles. The lowest BCUT2D eigenvalue weighted by Gasteiger charge is -2.34. The average molecular weight is 376 g/mol. The Labute approximate surface area is 164 Å². The normalized spacial score (nSPS) is 14.8. The van der Waals surface area contributed by atoms with Crippen molar-refractivity contribution in [2.75, 3.05) is 38.1 Å². The van der Waals surface area contributed by atoms with Crippen LogP contribution >= 0.6 is 0 Å². The molecular weight excluding hydrogens is 352 g/mol. The number of nitrogens with zero attached hydrogens (tertiary/aromatic N) is 4. The van der Waals surface area contributed by atoms with Gasteiger partial charge in [0.1, 0.15) is 5.82 Å². The molecule has 1 aromatic carbocycles. The molecule has 28 heavy (non-hydrogen) atoms. The number of pyridine rings is 1. The molecule has 2 aromatic heterocycles. The summed E-state index contributed by atoms with van der Waals surface area (Å²) in [5.74, 6) is 0.863. The molecule has 3 aromatic rings. The van der Waals surface area contributed by atoms with Crippen LogP contribution in [0.5, 0.6) is 0 Å². The zero-order chi connectivity index (χ0) is 19.3. The molecule has 1 fully saturated rings. The Hall–Kier alpha value is -3.19. The van der Waals surface area contributed by atoms with Gasteiger partial charge < -0.3 is 15.1 Å². The van der Waals surface area contributed by atoms with E-state index in [1.807, 2.05) is 48.8 Å². The smallest absolute Gasteiger partial charge is 0.251 e. The molecular formula is C21H24N6O. The average Bonchev–Trinajstić information content (AvgIpc) is 3.28. The molecule has 1 aliphatic rings. The topological polar surface area (TPSA) is 77.2 Å². The molecule has 2 N–H and O–H groups in total. The van der Waals surface area contributed by atoms with E-state index in [1.54, 1.807) is 6.20 Å². The Bertz CT molecular complexity index is 932. The number of aromatic nitrogens is 3. The number of aromatic amines is 1. The van der Waals surface area contributed by atoms with Gasteiger partial charge in [-0.3, -0.25) is 9.89 Å². The van der Waals surface area contributed by atoms with Crippen molar-refractivity contribution in [3.8, 4) is 11.1 Å². The first-order valence-electron chi connectivity index (χ1n) is 9.45. The van der Waals surface area contributed by atoms with E-state index in [9.17, 15) is 4.79 Å². The minimum atomic E-state index is -0.0986. The summed E-state index contributed by atoms with van der Waals surface area (Å²) < 4.78 is 0. The fraction of sp³-hybridized carbons (Fsp3) is 0.286. The third kappa shape index (κ3) is 4.04. The summed E-state index contributed by atoms with van der Waals surface area (Å²) in [6.45, 7) is 4.37. The number of benzene rings is 1. The van der Waals surface area contributed by atoms with E-state index in [0.717, 1.165) is 48.7 Å². The van der Waals surface area contributed by atoms with Crippen molar-refractivity contribution in [1.29, 1.82) is 0 Å². The molecule has 0 unspecified atom stereocenters. The van der Waals surface area contributed by atoms with Gasteiger partial charge in [0.15, 0.2) is 0 Å². The molecule has 0 atom stereocenters. The van der Waals surface area contributed by atoms with Gasteiger partial charge in [0.2, 0.25) is 0 Å². The van der Waals surface area contributed by atoms with Crippen LogP contribution in [0.1, 0.15) is 15.9 Å². The zero-order valence-electron chi connectivity index (χ0n) is 15.9. The van der Waals surface area contributed by atoms with Gasteiger partial charge in [-0.1, -0.05) is 18.2 Å². The predicted molar refractivity (Wildman–Crippen MR) is 109 cm³/mol. The third-order valence-corrected chi connectivity index (χ3v) is 5.07. The number of carbonyl (C=O) groups excluding carboxylic acids is 1. The van der Waals surface area contributed by atoms with Gasteiger partial charge in [-0.25, -0.2) is 4.98 Å². The van der Waals surface area contributed by atoms with Crippen LogP contribution in [0.2, 0.25) is 0 Å². The Balaban J connectivity index is 1.45. The molecule has 0 spiro atoms. The first kappa shape index (κ1) is 18.2. The minimum Gasteiger partial charge on any atom is -0.354 e. The van der Waals surface area contributed by atoms with Crippen LogP contribution in [-0.4, -0.2) is 59.2 Å². The summed E-state index contributed by atoms with van der Waals surface area (Å²) in [5.41, 5.74) is 3.58. The summed E-state index contributed by atoms with van der Waals surface area (Å²) >= 11 is 0. The van der Waals surface area contributed by atoms with Crippen molar-refractivity contribution in [2.24, 2.45) is 0 Å². The highest BCUT2D eigenvalue weighted by molar-refractivity contribution is 5.95. The molecule has 0 radical (unpaired) electrons. The minimum absolute atomic E-state index is 0.0986. The van der Waals surface area contributed by atoms with E-state index < -0.39 is 0 Å². The quantitative estimate of drug-likeness (QED) is 0.714. The number of anilines is 1. The summed E-state index contributed by atoms with van der Waals surface area (Å²) in [7, 11) is 2.13. The SMILES string of the molecule is CN1CCN(c2ncccc2CNC(=O)c2cccc(-c3cn[nH]c3)c2)CC1. The summed E-state index contributed by atoms with van der Waals surface area (Å²) in [6.07, 6.45) is 5.37. The number of nitrogens with one attached hydrogen (secondary N) is 2. The highest BCUT2D eigenvalue weighted by Crippen LogP contribution is 2.20. The second-order valence-corrected chi connectivity index (χ2v) is 7.03. The van der Waals surface area contributed by atoms with E-state index in [1.165, 1.54) is 0 Å². The van der Waals surface area contributed by atoms with E-state index in [-0.39, 0.29) is 5.91 Å². The van der Waals surface area contributed by atoms with Gasteiger partial charge in [0.25, 0.3) is 5.91 Å². The fourth-order valence-electron chi connectivity index (χ4n) is 3.40. The first-order chi connectivity index (χ1) is 13.7. The maximum absolute atomic E-state index is 12.7. The van der Waals surface area contributed by atoms with E-state index >= 15 is 0 Å². The monoisotopic (exact) mass is 376 g/mol.